The van der Waals surface area contributed by atoms with Crippen molar-refractivity contribution in [3.05, 3.63) is 41.7 Å². The third-order valence-corrected chi connectivity index (χ3v) is 7.48. The molecule has 3 rings (SSSR count). The summed E-state index contributed by atoms with van der Waals surface area (Å²) in [6.07, 6.45) is 2.12. The fourth-order valence-corrected chi connectivity index (χ4v) is 5.06. The average molecular weight is 661 g/mol. The number of nitrogens with zero attached hydrogens (tertiary/aromatic N) is 5. The highest BCUT2D eigenvalue weighted by Gasteiger charge is 2.48. The second-order valence-electron chi connectivity index (χ2n) is 10.9. The first-order valence-corrected chi connectivity index (χ1v) is 15.1. The average Bonchev–Trinajstić information content (AvgIpc) is 3.49. The van der Waals surface area contributed by atoms with Crippen LogP contribution in [0.1, 0.15) is 69.0 Å². The van der Waals surface area contributed by atoms with Gasteiger partial charge in [0.25, 0.3) is 0 Å². The summed E-state index contributed by atoms with van der Waals surface area (Å²) in [5.41, 5.74) is 2.52. The molecular formula is C30H37FN6O10. The highest BCUT2D eigenvalue weighted by molar-refractivity contribution is 6.16. The van der Waals surface area contributed by atoms with Crippen molar-refractivity contribution < 1.29 is 53.3 Å². The summed E-state index contributed by atoms with van der Waals surface area (Å²) in [5, 5.41) is 39.0. The van der Waals surface area contributed by atoms with E-state index >= 15 is 0 Å². The second-order valence-corrected chi connectivity index (χ2v) is 10.9. The van der Waals surface area contributed by atoms with E-state index in [4.69, 9.17) is 5.11 Å². The standard InChI is InChI=1S/C30H37FN6O10/c31-15-4-6-20-18-35(34-33-20)21-11-9-19(10-12-21)5-3-8-24(38)32-16-2-1-7-22(28(43)44)36-25(39)17-26(40)37(30(36)47)23(29(45)46)13-14-27(41)42/h9-12,18,22-23H,1-8,13-17H2,(H,32,38)(H,41,42)(H,43,44)(H,45,46). The van der Waals surface area contributed by atoms with Crippen molar-refractivity contribution in [2.45, 2.75) is 82.7 Å². The summed E-state index contributed by atoms with van der Waals surface area (Å²) in [6.45, 7) is -0.213. The lowest BCUT2D eigenvalue weighted by Gasteiger charge is -2.38. The molecule has 1 fully saturated rings. The Hall–Kier alpha value is -5.22. The number of barbiturate groups is 1. The molecule has 1 aliphatic heterocycles. The summed E-state index contributed by atoms with van der Waals surface area (Å²) in [6, 6.07) is 2.56. The van der Waals surface area contributed by atoms with E-state index in [1.807, 2.05) is 24.3 Å². The molecule has 0 aliphatic carbocycles. The quantitative estimate of drug-likeness (QED) is 0.118. The van der Waals surface area contributed by atoms with Crippen LogP contribution in [-0.2, 0) is 41.6 Å². The summed E-state index contributed by atoms with van der Waals surface area (Å²) >= 11 is 0. The molecule has 2 atom stereocenters. The Kier molecular flexibility index (Phi) is 13.5. The Bertz CT molecular complexity index is 1460. The molecule has 1 saturated heterocycles. The molecule has 1 aromatic heterocycles. The zero-order valence-electron chi connectivity index (χ0n) is 25.5. The lowest BCUT2D eigenvalue weighted by atomic mass is 10.0. The molecule has 4 N–H and O–H groups in total. The van der Waals surface area contributed by atoms with Gasteiger partial charge < -0.3 is 20.6 Å². The Balaban J connectivity index is 1.43. The number of carbonyl (C=O) groups excluding carboxylic acids is 4. The first kappa shape index (κ1) is 36.3. The molecule has 0 saturated carbocycles. The maximum absolute atomic E-state index is 13.0. The van der Waals surface area contributed by atoms with Crippen LogP contribution >= 0.6 is 0 Å². The number of carbonyl (C=O) groups is 7. The maximum atomic E-state index is 13.0. The Morgan fingerprint density at radius 1 is 0.830 bits per heavy atom. The highest BCUT2D eigenvalue weighted by Crippen LogP contribution is 2.23. The number of aryl methyl sites for hydroxylation is 2. The van der Waals surface area contributed by atoms with E-state index in [1.54, 1.807) is 10.9 Å². The van der Waals surface area contributed by atoms with E-state index in [2.05, 4.69) is 15.6 Å². The minimum Gasteiger partial charge on any atom is -0.481 e. The molecule has 1 aliphatic rings. The van der Waals surface area contributed by atoms with Crippen molar-refractivity contribution in [3.63, 3.8) is 0 Å². The molecule has 254 valence electrons. The smallest absolute Gasteiger partial charge is 0.335 e. The number of urea groups is 1. The van der Waals surface area contributed by atoms with Crippen molar-refractivity contribution in [2.75, 3.05) is 13.2 Å². The van der Waals surface area contributed by atoms with Crippen LogP contribution in [0.5, 0.6) is 0 Å². The number of aliphatic carboxylic acids is 3. The van der Waals surface area contributed by atoms with Crippen LogP contribution in [-0.4, -0.2) is 107 Å². The molecule has 0 spiro atoms. The number of aromatic nitrogens is 3. The van der Waals surface area contributed by atoms with Crippen LogP contribution in [0, 0.1) is 0 Å². The topological polar surface area (TPSA) is 229 Å². The lowest BCUT2D eigenvalue weighted by molar-refractivity contribution is -0.158. The summed E-state index contributed by atoms with van der Waals surface area (Å²) in [5.74, 6) is -7.06. The van der Waals surface area contributed by atoms with Gasteiger partial charge in [-0.05, 0) is 69.1 Å². The van der Waals surface area contributed by atoms with Crippen molar-refractivity contribution in [2.24, 2.45) is 0 Å². The number of halogens is 1. The third kappa shape index (κ3) is 10.4. The highest BCUT2D eigenvalue weighted by atomic mass is 19.1. The van der Waals surface area contributed by atoms with Gasteiger partial charge in [0.05, 0.1) is 24.3 Å². The van der Waals surface area contributed by atoms with Crippen LogP contribution in [0.15, 0.2) is 30.5 Å². The zero-order chi connectivity index (χ0) is 34.5. The van der Waals surface area contributed by atoms with Gasteiger partial charge in [-0.15, -0.1) is 5.10 Å². The molecule has 5 amide bonds. The number of unbranched alkanes of at least 4 members (excludes halogenated alkanes) is 1. The molecule has 2 heterocycles. The second kappa shape index (κ2) is 17.5. The van der Waals surface area contributed by atoms with Gasteiger partial charge in [0, 0.05) is 19.4 Å². The lowest BCUT2D eigenvalue weighted by Crippen LogP contribution is -2.63. The SMILES string of the molecule is O=C(O)CCC(C(=O)O)N1C(=O)CC(=O)N(C(CCCCNC(=O)CCCc2ccc(-n3cc(CCCF)nn3)cc2)C(=O)O)C1=O. The number of hydrogen-bond donors (Lipinski definition) is 4. The summed E-state index contributed by atoms with van der Waals surface area (Å²) in [7, 11) is 0. The fraction of sp³-hybridized carbons (Fsp3) is 0.500. The number of amides is 5. The first-order valence-electron chi connectivity index (χ1n) is 15.1. The zero-order valence-corrected chi connectivity index (χ0v) is 25.5. The van der Waals surface area contributed by atoms with Gasteiger partial charge in [-0.1, -0.05) is 17.3 Å². The van der Waals surface area contributed by atoms with E-state index in [0.29, 0.717) is 42.7 Å². The number of alkyl halides is 1. The normalized spacial score (nSPS) is 14.6. The number of carboxylic acids is 3. The molecule has 16 nitrogen and oxygen atoms in total. The van der Waals surface area contributed by atoms with Gasteiger partial charge in [0.2, 0.25) is 17.7 Å². The Labute approximate surface area is 268 Å². The van der Waals surface area contributed by atoms with Crippen LogP contribution < -0.4 is 5.32 Å². The molecule has 0 bridgehead atoms. The Morgan fingerprint density at radius 3 is 2.06 bits per heavy atom. The molecule has 1 aromatic carbocycles. The van der Waals surface area contributed by atoms with Crippen LogP contribution in [0.25, 0.3) is 5.69 Å². The number of carboxylic acid groups (broad SMARTS) is 3. The number of nitrogens with one attached hydrogen (secondary N) is 1. The van der Waals surface area contributed by atoms with Gasteiger partial charge in [-0.2, -0.15) is 0 Å². The van der Waals surface area contributed by atoms with E-state index in [1.165, 1.54) is 0 Å². The van der Waals surface area contributed by atoms with Gasteiger partial charge in [0.1, 0.15) is 18.5 Å². The molecule has 0 radical (unpaired) electrons. The predicted molar refractivity (Wildman–Crippen MR) is 159 cm³/mol. The maximum Gasteiger partial charge on any atom is 0.335 e. The number of hydrogen-bond acceptors (Lipinski definition) is 9. The summed E-state index contributed by atoms with van der Waals surface area (Å²) in [4.78, 5) is 85.5. The first-order chi connectivity index (χ1) is 22.4. The van der Waals surface area contributed by atoms with Crippen LogP contribution in [0.3, 0.4) is 0 Å². The van der Waals surface area contributed by atoms with Gasteiger partial charge in [-0.25, -0.2) is 28.9 Å². The van der Waals surface area contributed by atoms with Crippen molar-refractivity contribution in [1.82, 2.24) is 30.1 Å². The fourth-order valence-electron chi connectivity index (χ4n) is 5.06. The monoisotopic (exact) mass is 660 g/mol. The minimum atomic E-state index is -1.89. The molecule has 2 aromatic rings. The van der Waals surface area contributed by atoms with Gasteiger partial charge in [0.15, 0.2) is 0 Å². The van der Waals surface area contributed by atoms with Crippen molar-refractivity contribution >= 4 is 41.7 Å². The van der Waals surface area contributed by atoms with E-state index in [0.717, 1.165) is 11.3 Å². The Morgan fingerprint density at radius 2 is 1.47 bits per heavy atom. The number of imide groups is 2. The van der Waals surface area contributed by atoms with E-state index in [9.17, 15) is 48.2 Å². The third-order valence-electron chi connectivity index (χ3n) is 7.48. The van der Waals surface area contributed by atoms with E-state index < -0.39 is 73.8 Å². The molecule has 2 unspecified atom stereocenters. The molecular weight excluding hydrogens is 623 g/mol. The van der Waals surface area contributed by atoms with Crippen LogP contribution in [0.4, 0.5) is 9.18 Å². The van der Waals surface area contributed by atoms with E-state index in [-0.39, 0.29) is 36.6 Å². The van der Waals surface area contributed by atoms with Gasteiger partial charge >= 0.3 is 23.9 Å². The summed E-state index contributed by atoms with van der Waals surface area (Å²) < 4.78 is 14.0. The predicted octanol–water partition coefficient (Wildman–Crippen LogP) is 1.73. The largest absolute Gasteiger partial charge is 0.481 e. The number of rotatable bonds is 20. The minimum absolute atomic E-state index is 0.166. The number of benzene rings is 1. The molecule has 17 heteroatoms. The van der Waals surface area contributed by atoms with Crippen molar-refractivity contribution in [1.29, 1.82) is 0 Å². The van der Waals surface area contributed by atoms with Crippen molar-refractivity contribution in [3.8, 4) is 5.69 Å². The van der Waals surface area contributed by atoms with Crippen LogP contribution in [0.2, 0.25) is 0 Å². The van der Waals surface area contributed by atoms with Gasteiger partial charge in [-0.3, -0.25) is 23.6 Å². The molecule has 47 heavy (non-hydrogen) atoms.